The average Bonchev–Trinajstić information content (AvgIpc) is 3.13. The molecule has 4 aromatic rings. The molecule has 0 unspecified atom stereocenters. The highest BCUT2D eigenvalue weighted by atomic mass is 16.6. The molecule has 0 atom stereocenters. The van der Waals surface area contributed by atoms with Crippen LogP contribution < -0.4 is 5.32 Å². The number of nitro benzene ring substituents is 2. The average molecular weight is 474 g/mol. The largest absolute Gasteiger partial charge is 0.306 e. The fourth-order valence-corrected chi connectivity index (χ4v) is 4.08. The van der Waals surface area contributed by atoms with Crippen LogP contribution >= 0.6 is 0 Å². The van der Waals surface area contributed by atoms with Crippen molar-refractivity contribution in [3.63, 3.8) is 0 Å². The number of fused-ring (bicyclic) bond motifs is 1. The number of nitrogens with zero attached hydrogens (tertiary/aromatic N) is 5. The zero-order valence-electron chi connectivity index (χ0n) is 19.7. The summed E-state index contributed by atoms with van der Waals surface area (Å²) in [4.78, 5) is 39.1. The van der Waals surface area contributed by atoms with Crippen molar-refractivity contribution < 1.29 is 14.6 Å². The number of benzene rings is 2. The third-order valence-corrected chi connectivity index (χ3v) is 5.74. The van der Waals surface area contributed by atoms with Crippen molar-refractivity contribution in [3.05, 3.63) is 90.1 Å². The maximum atomic E-state index is 13.0. The van der Waals surface area contributed by atoms with Crippen molar-refractivity contribution in [2.24, 2.45) is 0 Å². The summed E-state index contributed by atoms with van der Waals surface area (Å²) in [6.07, 6.45) is 0. The van der Waals surface area contributed by atoms with Crippen LogP contribution in [0, 0.1) is 54.8 Å². The molecule has 0 aliphatic rings. The van der Waals surface area contributed by atoms with Crippen LogP contribution in [0.3, 0.4) is 0 Å². The number of aryl methyl sites for hydroxylation is 4. The summed E-state index contributed by atoms with van der Waals surface area (Å²) < 4.78 is 1.47. The highest BCUT2D eigenvalue weighted by Gasteiger charge is 2.26. The number of rotatable bonds is 5. The first kappa shape index (κ1) is 23.5. The summed E-state index contributed by atoms with van der Waals surface area (Å²) in [6, 6.07) is 9.61. The number of nitrogens with one attached hydrogen (secondary N) is 1. The molecule has 178 valence electrons. The van der Waals surface area contributed by atoms with Gasteiger partial charge in [-0.1, -0.05) is 11.6 Å². The number of nitro groups is 2. The van der Waals surface area contributed by atoms with Crippen LogP contribution in [0.5, 0.6) is 0 Å². The summed E-state index contributed by atoms with van der Waals surface area (Å²) in [7, 11) is 0. The lowest BCUT2D eigenvalue weighted by Crippen LogP contribution is -2.16. The normalized spacial score (nSPS) is 11.0. The van der Waals surface area contributed by atoms with Crippen molar-refractivity contribution in [2.45, 2.75) is 34.6 Å². The lowest BCUT2D eigenvalue weighted by molar-refractivity contribution is -0.395. The first-order valence-corrected chi connectivity index (χ1v) is 10.7. The maximum Gasteiger partial charge on any atom is 0.279 e. The standard InChI is InChI=1S/C24H22N6O5/c1-12-6-14(3)23-18(7-12)13(2)8-21(25-23)28-22(9-15(4)27-28)26-24(31)17-10-19(29(32)33)16(5)20(11-17)30(34)35/h6-11H,1-5H3,(H,26,31). The molecule has 11 heteroatoms. The summed E-state index contributed by atoms with van der Waals surface area (Å²) in [5.74, 6) is 0.00211. The number of anilines is 1. The zero-order valence-corrected chi connectivity index (χ0v) is 19.7. The van der Waals surface area contributed by atoms with E-state index in [2.05, 4.69) is 16.5 Å². The monoisotopic (exact) mass is 474 g/mol. The van der Waals surface area contributed by atoms with Crippen molar-refractivity contribution in [1.82, 2.24) is 14.8 Å². The molecular formula is C24H22N6O5. The topological polar surface area (TPSA) is 146 Å². The Morgan fingerprint density at radius 1 is 0.886 bits per heavy atom. The van der Waals surface area contributed by atoms with Crippen LogP contribution in [0.1, 0.15) is 38.3 Å². The molecule has 0 saturated carbocycles. The summed E-state index contributed by atoms with van der Waals surface area (Å²) in [6.45, 7) is 8.97. The number of pyridine rings is 1. The summed E-state index contributed by atoms with van der Waals surface area (Å²) in [5.41, 5.74) is 3.15. The van der Waals surface area contributed by atoms with Crippen LogP contribution in [0.4, 0.5) is 17.2 Å². The van der Waals surface area contributed by atoms with E-state index in [4.69, 9.17) is 4.98 Å². The number of carbonyl (C=O) groups excluding carboxylic acids is 1. The quantitative estimate of drug-likeness (QED) is 0.315. The molecule has 2 heterocycles. The van der Waals surface area contributed by atoms with Gasteiger partial charge in [-0.2, -0.15) is 9.78 Å². The van der Waals surface area contributed by atoms with E-state index < -0.39 is 27.1 Å². The first-order chi connectivity index (χ1) is 16.5. The van der Waals surface area contributed by atoms with Crippen LogP contribution in [0.2, 0.25) is 0 Å². The highest BCUT2D eigenvalue weighted by Crippen LogP contribution is 2.30. The van der Waals surface area contributed by atoms with Crippen molar-refractivity contribution in [1.29, 1.82) is 0 Å². The van der Waals surface area contributed by atoms with Gasteiger partial charge >= 0.3 is 0 Å². The molecule has 1 N–H and O–H groups in total. The van der Waals surface area contributed by atoms with Crippen LogP contribution in [-0.2, 0) is 0 Å². The Balaban J connectivity index is 1.78. The van der Waals surface area contributed by atoms with Crippen LogP contribution in [0.25, 0.3) is 16.7 Å². The van der Waals surface area contributed by atoms with Crippen LogP contribution in [-0.4, -0.2) is 30.5 Å². The van der Waals surface area contributed by atoms with Gasteiger partial charge in [0.05, 0.1) is 26.6 Å². The van der Waals surface area contributed by atoms with E-state index in [-0.39, 0.29) is 16.9 Å². The first-order valence-electron chi connectivity index (χ1n) is 10.7. The number of amides is 1. The van der Waals surface area contributed by atoms with Gasteiger partial charge in [0.25, 0.3) is 17.3 Å². The summed E-state index contributed by atoms with van der Waals surface area (Å²) >= 11 is 0. The van der Waals surface area contributed by atoms with Gasteiger partial charge in [-0.25, -0.2) is 4.98 Å². The van der Waals surface area contributed by atoms with E-state index in [1.54, 1.807) is 13.0 Å². The minimum atomic E-state index is -0.751. The van der Waals surface area contributed by atoms with Gasteiger partial charge in [0.1, 0.15) is 11.4 Å². The van der Waals surface area contributed by atoms with E-state index in [0.717, 1.165) is 39.7 Å². The van der Waals surface area contributed by atoms with Gasteiger partial charge in [-0.15, -0.1) is 0 Å². The molecule has 0 aliphatic heterocycles. The van der Waals surface area contributed by atoms with Gasteiger partial charge < -0.3 is 5.32 Å². The molecule has 35 heavy (non-hydrogen) atoms. The Labute approximate surface area is 199 Å². The molecule has 0 bridgehead atoms. The molecule has 0 radical (unpaired) electrons. The fourth-order valence-electron chi connectivity index (χ4n) is 4.08. The zero-order chi connectivity index (χ0) is 25.6. The van der Waals surface area contributed by atoms with E-state index in [9.17, 15) is 25.0 Å². The SMILES string of the molecule is Cc1cc(C)c2nc(-n3nc(C)cc3NC(=O)c3cc([N+](=O)[O-])c(C)c([N+](=O)[O-])c3)cc(C)c2c1. The molecule has 0 aliphatic carbocycles. The lowest BCUT2D eigenvalue weighted by Gasteiger charge is -2.12. The van der Waals surface area contributed by atoms with Crippen molar-refractivity contribution in [2.75, 3.05) is 5.32 Å². The lowest BCUT2D eigenvalue weighted by atomic mass is 10.0. The van der Waals surface area contributed by atoms with Gasteiger partial charge in [0.15, 0.2) is 5.82 Å². The third-order valence-electron chi connectivity index (χ3n) is 5.74. The smallest absolute Gasteiger partial charge is 0.279 e. The van der Waals surface area contributed by atoms with Crippen molar-refractivity contribution in [3.8, 4) is 5.82 Å². The molecule has 0 fully saturated rings. The molecular weight excluding hydrogens is 452 g/mol. The molecule has 4 rings (SSSR count). The second-order valence-corrected chi connectivity index (χ2v) is 8.47. The molecule has 2 aromatic heterocycles. The molecule has 0 spiro atoms. The van der Waals surface area contributed by atoms with E-state index >= 15 is 0 Å². The number of hydrogen-bond acceptors (Lipinski definition) is 7. The molecule has 11 nitrogen and oxygen atoms in total. The van der Waals surface area contributed by atoms with Gasteiger partial charge in [0, 0.05) is 23.6 Å². The Bertz CT molecular complexity index is 1520. The Morgan fingerprint density at radius 3 is 2.11 bits per heavy atom. The van der Waals surface area contributed by atoms with E-state index in [0.29, 0.717) is 11.5 Å². The second kappa shape index (κ2) is 8.60. The Hall–Kier alpha value is -4.67. The van der Waals surface area contributed by atoms with Gasteiger partial charge in [-0.05, 0) is 57.9 Å². The molecule has 1 amide bonds. The van der Waals surface area contributed by atoms with E-state index in [1.807, 2.05) is 32.9 Å². The van der Waals surface area contributed by atoms with Crippen molar-refractivity contribution >= 4 is 34.0 Å². The third kappa shape index (κ3) is 4.31. The van der Waals surface area contributed by atoms with Crippen LogP contribution in [0.15, 0.2) is 36.4 Å². The van der Waals surface area contributed by atoms with Gasteiger partial charge in [-0.3, -0.25) is 25.0 Å². The molecule has 0 saturated heterocycles. The minimum Gasteiger partial charge on any atom is -0.306 e. The predicted octanol–water partition coefficient (Wildman–Crippen LogP) is 5.03. The minimum absolute atomic E-state index is 0.126. The Morgan fingerprint density at radius 2 is 1.51 bits per heavy atom. The Kier molecular flexibility index (Phi) is 5.77. The second-order valence-electron chi connectivity index (χ2n) is 8.47. The number of aromatic nitrogens is 3. The fraction of sp³-hybridized carbons (Fsp3) is 0.208. The number of carbonyl (C=O) groups is 1. The van der Waals surface area contributed by atoms with E-state index in [1.165, 1.54) is 11.6 Å². The summed E-state index contributed by atoms with van der Waals surface area (Å²) in [5, 5.41) is 30.9. The molecule has 2 aromatic carbocycles. The number of hydrogen-bond donors (Lipinski definition) is 1. The van der Waals surface area contributed by atoms with Gasteiger partial charge in [0.2, 0.25) is 0 Å². The highest BCUT2D eigenvalue weighted by molar-refractivity contribution is 6.05. The predicted molar refractivity (Wildman–Crippen MR) is 130 cm³/mol. The maximum absolute atomic E-state index is 13.0.